The first-order valence-corrected chi connectivity index (χ1v) is 11.4. The van der Waals surface area contributed by atoms with E-state index >= 15 is 0 Å². The van der Waals surface area contributed by atoms with Crippen LogP contribution in [0.2, 0.25) is 0 Å². The summed E-state index contributed by atoms with van der Waals surface area (Å²) < 4.78 is 34.4. The fraction of sp³-hybridized carbons (Fsp3) is 0.259. The van der Waals surface area contributed by atoms with Crippen LogP contribution in [0.3, 0.4) is 0 Å². The molecule has 0 aliphatic heterocycles. The maximum Gasteiger partial charge on any atom is 0.250 e. The van der Waals surface area contributed by atoms with E-state index in [2.05, 4.69) is 0 Å². The number of pyridine rings is 2. The van der Waals surface area contributed by atoms with E-state index in [9.17, 15) is 33.1 Å². The molecule has 0 amide bonds. The molecule has 8 nitrogen and oxygen atoms in total. The number of aromatic hydroxyl groups is 1. The molecular formula is C27H29ClF2N2O6. The summed E-state index contributed by atoms with van der Waals surface area (Å²) in [5.74, 6) is -1.92. The van der Waals surface area contributed by atoms with Gasteiger partial charge in [0.2, 0.25) is 0 Å². The van der Waals surface area contributed by atoms with Gasteiger partial charge in [0.15, 0.2) is 28.9 Å². The molecule has 204 valence electrons. The molecule has 0 atom stereocenters. The third-order valence-electron chi connectivity index (χ3n) is 5.00. The van der Waals surface area contributed by atoms with E-state index in [1.165, 1.54) is 67.4 Å². The Labute approximate surface area is 222 Å². The number of ether oxygens (including phenoxy) is 1. The van der Waals surface area contributed by atoms with Gasteiger partial charge in [-0.15, -0.1) is 11.6 Å². The standard InChI is InChI=1S/C13H12FNO3.C10H8FNO2.C3H5ClO.CH4/c1-8(16)7-18-13-10(14)5-3-9-4-6-11(17)15(2)12(9)13;1-12-8(13)5-3-6-2-4-7(11)10(14)9(6)12;1-3(5)2-4;/h3-6H,7H2,1-2H3;2-5,14H,1H3;2H2,1H3;1H4. The number of aromatic nitrogens is 2. The largest absolute Gasteiger partial charge is 0.503 e. The number of hydrogen-bond acceptors (Lipinski definition) is 6. The van der Waals surface area contributed by atoms with E-state index in [-0.39, 0.29) is 53.9 Å². The molecule has 2 aromatic carbocycles. The topological polar surface area (TPSA) is 108 Å². The number of alkyl halides is 1. The van der Waals surface area contributed by atoms with Crippen LogP contribution in [0.4, 0.5) is 8.78 Å². The summed E-state index contributed by atoms with van der Waals surface area (Å²) in [6, 6.07) is 11.4. The van der Waals surface area contributed by atoms with Crippen molar-refractivity contribution in [3.05, 3.63) is 80.9 Å². The van der Waals surface area contributed by atoms with Gasteiger partial charge in [0.05, 0.1) is 16.9 Å². The lowest BCUT2D eigenvalue weighted by molar-refractivity contribution is -0.119. The summed E-state index contributed by atoms with van der Waals surface area (Å²) in [6.45, 7) is 2.58. The minimum absolute atomic E-state index is 0. The number of benzene rings is 2. The number of carbonyl (C=O) groups is 2. The van der Waals surface area contributed by atoms with Crippen LogP contribution < -0.4 is 15.9 Å². The predicted octanol–water partition coefficient (Wildman–Crippen LogP) is 4.48. The number of hydrogen-bond donors (Lipinski definition) is 1. The molecule has 0 bridgehead atoms. The Morgan fingerprint density at radius 1 is 0.816 bits per heavy atom. The highest BCUT2D eigenvalue weighted by Gasteiger charge is 2.13. The van der Waals surface area contributed by atoms with Gasteiger partial charge in [-0.3, -0.25) is 19.2 Å². The first kappa shape index (κ1) is 32.0. The Bertz CT molecular complexity index is 1580. The molecule has 0 aliphatic carbocycles. The second kappa shape index (κ2) is 14.0. The van der Waals surface area contributed by atoms with Crippen LogP contribution in [0.15, 0.2) is 58.1 Å². The predicted molar refractivity (Wildman–Crippen MR) is 144 cm³/mol. The smallest absolute Gasteiger partial charge is 0.250 e. The molecule has 0 fully saturated rings. The summed E-state index contributed by atoms with van der Waals surface area (Å²) in [6.07, 6.45) is 0. The lowest BCUT2D eigenvalue weighted by Gasteiger charge is -2.11. The Hall–Kier alpha value is -4.05. The normalized spacial score (nSPS) is 9.97. The highest BCUT2D eigenvalue weighted by atomic mass is 35.5. The zero-order valence-corrected chi connectivity index (χ0v) is 21.3. The highest BCUT2D eigenvalue weighted by molar-refractivity contribution is 6.27. The van der Waals surface area contributed by atoms with Gasteiger partial charge in [-0.25, -0.2) is 8.78 Å². The third-order valence-corrected chi connectivity index (χ3v) is 5.38. The van der Waals surface area contributed by atoms with Gasteiger partial charge in [0, 0.05) is 37.0 Å². The van der Waals surface area contributed by atoms with Crippen LogP contribution in [-0.4, -0.2) is 38.3 Å². The third kappa shape index (κ3) is 7.72. The Morgan fingerprint density at radius 2 is 1.24 bits per heavy atom. The maximum atomic E-state index is 13.7. The fourth-order valence-corrected chi connectivity index (χ4v) is 3.18. The van der Waals surface area contributed by atoms with Crippen molar-refractivity contribution in [3.63, 3.8) is 0 Å². The lowest BCUT2D eigenvalue weighted by Crippen LogP contribution is -2.17. The second-order valence-corrected chi connectivity index (χ2v) is 8.20. The van der Waals surface area contributed by atoms with Crippen molar-refractivity contribution in [2.75, 3.05) is 12.5 Å². The van der Waals surface area contributed by atoms with Crippen molar-refractivity contribution >= 4 is 45.0 Å². The lowest BCUT2D eigenvalue weighted by atomic mass is 10.2. The Kier molecular flexibility index (Phi) is 11.8. The van der Waals surface area contributed by atoms with E-state index in [1.54, 1.807) is 18.2 Å². The van der Waals surface area contributed by atoms with Crippen LogP contribution >= 0.6 is 11.6 Å². The van der Waals surface area contributed by atoms with Crippen molar-refractivity contribution < 1.29 is 28.2 Å². The SMILES string of the molecule is C.CC(=O)CCl.CC(=O)COc1c(F)ccc2ccc(=O)n(C)c12.Cn1c(=O)ccc2ccc(F)c(O)c21. The molecule has 0 spiro atoms. The number of phenols is 1. The summed E-state index contributed by atoms with van der Waals surface area (Å²) in [4.78, 5) is 43.4. The molecule has 4 aromatic rings. The molecular weight excluding hydrogens is 522 g/mol. The molecule has 0 radical (unpaired) electrons. The highest BCUT2D eigenvalue weighted by Crippen LogP contribution is 2.27. The minimum atomic E-state index is -0.723. The Morgan fingerprint density at radius 3 is 1.71 bits per heavy atom. The molecule has 0 saturated heterocycles. The summed E-state index contributed by atoms with van der Waals surface area (Å²) in [5.41, 5.74) is 0.0282. The van der Waals surface area contributed by atoms with Crippen LogP contribution in [0.25, 0.3) is 21.8 Å². The van der Waals surface area contributed by atoms with Crippen LogP contribution in [0.1, 0.15) is 21.3 Å². The first-order chi connectivity index (χ1) is 17.4. The van der Waals surface area contributed by atoms with E-state index in [1.807, 2.05) is 0 Å². The summed E-state index contributed by atoms with van der Waals surface area (Å²) in [5, 5.41) is 10.7. The molecule has 0 unspecified atom stereocenters. The van der Waals surface area contributed by atoms with Gasteiger partial charge in [0.1, 0.15) is 12.4 Å². The average Bonchev–Trinajstić information content (AvgIpc) is 2.86. The average molecular weight is 551 g/mol. The van der Waals surface area contributed by atoms with E-state index in [4.69, 9.17) is 16.3 Å². The number of nitrogens with zero attached hydrogens (tertiary/aromatic N) is 2. The van der Waals surface area contributed by atoms with Crippen molar-refractivity contribution in [3.8, 4) is 11.5 Å². The zero-order chi connectivity index (χ0) is 27.9. The zero-order valence-electron chi connectivity index (χ0n) is 20.5. The Balaban J connectivity index is 0.000000322. The van der Waals surface area contributed by atoms with Crippen molar-refractivity contribution in [2.45, 2.75) is 21.3 Å². The van der Waals surface area contributed by atoms with Crippen LogP contribution in [-0.2, 0) is 23.7 Å². The van der Waals surface area contributed by atoms with Gasteiger partial charge < -0.3 is 19.0 Å². The molecule has 38 heavy (non-hydrogen) atoms. The van der Waals surface area contributed by atoms with Crippen LogP contribution in [0, 0.1) is 11.6 Å². The van der Waals surface area contributed by atoms with Gasteiger partial charge in [-0.05, 0) is 50.2 Å². The summed E-state index contributed by atoms with van der Waals surface area (Å²) >= 11 is 4.99. The number of phenolic OH excluding ortho intramolecular Hbond substituents is 1. The summed E-state index contributed by atoms with van der Waals surface area (Å²) in [7, 11) is 3.02. The molecule has 0 aliphatic rings. The van der Waals surface area contributed by atoms with Crippen molar-refractivity contribution in [2.24, 2.45) is 14.1 Å². The van der Waals surface area contributed by atoms with Crippen LogP contribution in [0.5, 0.6) is 11.5 Å². The fourth-order valence-electron chi connectivity index (χ4n) is 3.18. The quantitative estimate of drug-likeness (QED) is 0.375. The second-order valence-electron chi connectivity index (χ2n) is 7.94. The monoisotopic (exact) mass is 550 g/mol. The van der Waals surface area contributed by atoms with Gasteiger partial charge in [0.25, 0.3) is 11.1 Å². The molecule has 11 heteroatoms. The van der Waals surface area contributed by atoms with E-state index < -0.39 is 17.4 Å². The minimum Gasteiger partial charge on any atom is -0.503 e. The number of ketones is 2. The number of carbonyl (C=O) groups excluding carboxylic acids is 2. The van der Waals surface area contributed by atoms with Gasteiger partial charge in [-0.1, -0.05) is 7.43 Å². The first-order valence-electron chi connectivity index (χ1n) is 10.8. The van der Waals surface area contributed by atoms with Gasteiger partial charge in [-0.2, -0.15) is 0 Å². The molecule has 1 N–H and O–H groups in total. The van der Waals surface area contributed by atoms with Gasteiger partial charge >= 0.3 is 0 Å². The number of rotatable bonds is 4. The molecule has 2 aromatic heterocycles. The molecule has 4 rings (SSSR count). The molecule has 0 saturated carbocycles. The van der Waals surface area contributed by atoms with E-state index in [0.29, 0.717) is 16.3 Å². The van der Waals surface area contributed by atoms with E-state index in [0.717, 1.165) is 0 Å². The number of halogens is 3. The molecule has 2 heterocycles. The van der Waals surface area contributed by atoms with Crippen molar-refractivity contribution in [1.82, 2.24) is 9.13 Å². The van der Waals surface area contributed by atoms with Crippen molar-refractivity contribution in [1.29, 1.82) is 0 Å². The number of aryl methyl sites for hydroxylation is 2. The maximum absolute atomic E-state index is 13.7. The number of fused-ring (bicyclic) bond motifs is 2. The number of Topliss-reactive ketones (excluding diaryl/α,β-unsaturated/α-hetero) is 2.